The first kappa shape index (κ1) is 26.8. The number of fused-ring (bicyclic) bond motifs is 1. The Morgan fingerprint density at radius 3 is 2.55 bits per heavy atom. The van der Waals surface area contributed by atoms with Crippen LogP contribution in [0.15, 0.2) is 47.4 Å². The van der Waals surface area contributed by atoms with Gasteiger partial charge in [0, 0.05) is 36.5 Å². The zero-order valence-electron chi connectivity index (χ0n) is 18.7. The molecular weight excluding hydrogens is 484 g/mol. The van der Waals surface area contributed by atoms with Crippen LogP contribution in [0.5, 0.6) is 5.75 Å². The third-order valence-corrected chi connectivity index (χ3v) is 6.88. The second kappa shape index (κ2) is 12.7. The minimum Gasteiger partial charge on any atom is -0.497 e. The van der Waals surface area contributed by atoms with E-state index in [-0.39, 0.29) is 24.0 Å². The minimum atomic E-state index is -0.422. The van der Waals surface area contributed by atoms with Crippen molar-refractivity contribution in [3.8, 4) is 5.75 Å². The monoisotopic (exact) mass is 510 g/mol. The van der Waals surface area contributed by atoms with Crippen LogP contribution in [0.1, 0.15) is 12.8 Å². The lowest BCUT2D eigenvalue weighted by Crippen LogP contribution is -2.36. The predicted octanol–water partition coefficient (Wildman–Crippen LogP) is 5.10. The summed E-state index contributed by atoms with van der Waals surface area (Å²) in [6, 6.07) is 12.4. The number of aromatic nitrogens is 1. The Kier molecular flexibility index (Phi) is 10.4. The number of nitrogens with zero attached hydrogens (tertiary/aromatic N) is 4. The van der Waals surface area contributed by atoms with E-state index >= 15 is 0 Å². The van der Waals surface area contributed by atoms with E-state index in [4.69, 9.17) is 4.74 Å². The van der Waals surface area contributed by atoms with E-state index in [9.17, 15) is 14.9 Å². The molecule has 1 heterocycles. The number of ether oxygens (including phenoxy) is 1. The maximum atomic E-state index is 13.0. The van der Waals surface area contributed by atoms with E-state index in [1.54, 1.807) is 29.8 Å². The molecule has 0 saturated carbocycles. The standard InChI is InChI=1S/C22H26N4O4S2.ClH/c1-24(2)12-13-25(22-23-19-11-6-16(26(28)29)15-20(19)32-22)21(27)5-4-14-31-18-9-7-17(30-3)8-10-18;/h6-11,15H,4-5,12-14H2,1-3H3;1H. The number of non-ortho nitro benzene ring substituents is 1. The molecule has 0 saturated heterocycles. The largest absolute Gasteiger partial charge is 0.497 e. The molecule has 0 atom stereocenters. The summed E-state index contributed by atoms with van der Waals surface area (Å²) in [5.41, 5.74) is 0.683. The number of carbonyl (C=O) groups is 1. The predicted molar refractivity (Wildman–Crippen MR) is 137 cm³/mol. The average Bonchev–Trinajstić information content (AvgIpc) is 3.20. The fourth-order valence-corrected chi connectivity index (χ4v) is 4.87. The van der Waals surface area contributed by atoms with Gasteiger partial charge in [-0.25, -0.2) is 4.98 Å². The van der Waals surface area contributed by atoms with Gasteiger partial charge >= 0.3 is 0 Å². The summed E-state index contributed by atoms with van der Waals surface area (Å²) in [5, 5.41) is 11.6. The highest BCUT2D eigenvalue weighted by molar-refractivity contribution is 7.99. The van der Waals surface area contributed by atoms with Gasteiger partial charge in [0.1, 0.15) is 5.75 Å². The third kappa shape index (κ3) is 7.56. The molecule has 0 aliphatic carbocycles. The molecule has 1 aromatic heterocycles. The lowest BCUT2D eigenvalue weighted by molar-refractivity contribution is -0.384. The van der Waals surface area contributed by atoms with Gasteiger partial charge in [0.15, 0.2) is 5.13 Å². The fraction of sp³-hybridized carbons (Fsp3) is 0.364. The molecule has 0 aliphatic rings. The zero-order chi connectivity index (χ0) is 23.1. The highest BCUT2D eigenvalue weighted by Crippen LogP contribution is 2.32. The van der Waals surface area contributed by atoms with E-state index in [1.165, 1.54) is 23.5 Å². The molecule has 0 aliphatic heterocycles. The first-order valence-electron chi connectivity index (χ1n) is 10.1. The third-order valence-electron chi connectivity index (χ3n) is 4.74. The lowest BCUT2D eigenvalue weighted by Gasteiger charge is -2.22. The van der Waals surface area contributed by atoms with E-state index in [0.29, 0.717) is 34.9 Å². The van der Waals surface area contributed by atoms with Crippen molar-refractivity contribution < 1.29 is 14.5 Å². The number of nitro groups is 1. The number of hydrogen-bond donors (Lipinski definition) is 0. The molecule has 0 radical (unpaired) electrons. The van der Waals surface area contributed by atoms with Gasteiger partial charge in [-0.05, 0) is 56.6 Å². The number of amides is 1. The fourth-order valence-electron chi connectivity index (χ4n) is 2.98. The van der Waals surface area contributed by atoms with Gasteiger partial charge in [-0.15, -0.1) is 24.2 Å². The highest BCUT2D eigenvalue weighted by Gasteiger charge is 2.20. The van der Waals surface area contributed by atoms with E-state index in [2.05, 4.69) is 4.98 Å². The number of thioether (sulfide) groups is 1. The molecule has 0 spiro atoms. The number of nitro benzene ring substituents is 1. The van der Waals surface area contributed by atoms with E-state index in [1.807, 2.05) is 43.3 Å². The summed E-state index contributed by atoms with van der Waals surface area (Å²) in [5.74, 6) is 1.66. The van der Waals surface area contributed by atoms with E-state index in [0.717, 1.165) is 22.8 Å². The summed E-state index contributed by atoms with van der Waals surface area (Å²) >= 11 is 3.01. The maximum absolute atomic E-state index is 13.0. The molecule has 0 unspecified atom stereocenters. The number of benzene rings is 2. The van der Waals surface area contributed by atoms with Crippen molar-refractivity contribution in [1.29, 1.82) is 0 Å². The van der Waals surface area contributed by atoms with Crippen LogP contribution >= 0.6 is 35.5 Å². The number of methoxy groups -OCH3 is 1. The summed E-state index contributed by atoms with van der Waals surface area (Å²) in [6.45, 7) is 1.21. The van der Waals surface area contributed by atoms with Crippen molar-refractivity contribution in [3.63, 3.8) is 0 Å². The second-order valence-corrected chi connectivity index (χ2v) is 9.56. The Bertz CT molecular complexity index is 1080. The normalized spacial score (nSPS) is 10.8. The van der Waals surface area contributed by atoms with Crippen LogP contribution in [0.25, 0.3) is 10.2 Å². The molecule has 0 bridgehead atoms. The summed E-state index contributed by atoms with van der Waals surface area (Å²) < 4.78 is 5.87. The molecule has 2 aromatic carbocycles. The van der Waals surface area contributed by atoms with Crippen LogP contribution < -0.4 is 9.64 Å². The van der Waals surface area contributed by atoms with Crippen molar-refractivity contribution >= 4 is 62.4 Å². The lowest BCUT2D eigenvalue weighted by atomic mass is 10.3. The van der Waals surface area contributed by atoms with E-state index < -0.39 is 4.92 Å². The second-order valence-electron chi connectivity index (χ2n) is 7.38. The summed E-state index contributed by atoms with van der Waals surface area (Å²) in [4.78, 5) is 33.1. The Balaban J connectivity index is 0.00000385. The number of halogens is 1. The Morgan fingerprint density at radius 2 is 1.91 bits per heavy atom. The van der Waals surface area contributed by atoms with Crippen LogP contribution in [-0.4, -0.2) is 60.8 Å². The number of hydrogen-bond acceptors (Lipinski definition) is 8. The Morgan fingerprint density at radius 1 is 1.18 bits per heavy atom. The van der Waals surface area contributed by atoms with Crippen molar-refractivity contribution in [2.75, 3.05) is 44.9 Å². The maximum Gasteiger partial charge on any atom is 0.270 e. The van der Waals surface area contributed by atoms with Gasteiger partial charge in [-0.1, -0.05) is 11.3 Å². The molecule has 0 N–H and O–H groups in total. The molecule has 8 nitrogen and oxygen atoms in total. The number of thiazole rings is 1. The molecule has 11 heteroatoms. The van der Waals surface area contributed by atoms with Crippen molar-refractivity contribution in [2.45, 2.75) is 17.7 Å². The van der Waals surface area contributed by atoms with Gasteiger partial charge in [-0.2, -0.15) is 0 Å². The van der Waals surface area contributed by atoms with Crippen LogP contribution in [0.3, 0.4) is 0 Å². The molecule has 33 heavy (non-hydrogen) atoms. The number of likely N-dealkylation sites (N-methyl/N-ethyl adjacent to an activating group) is 1. The molecule has 178 valence electrons. The van der Waals surface area contributed by atoms with Crippen molar-refractivity contribution in [3.05, 3.63) is 52.6 Å². The number of carbonyl (C=O) groups excluding carboxylic acids is 1. The first-order chi connectivity index (χ1) is 15.4. The van der Waals surface area contributed by atoms with Crippen molar-refractivity contribution in [1.82, 2.24) is 9.88 Å². The smallest absolute Gasteiger partial charge is 0.270 e. The van der Waals surface area contributed by atoms with Crippen LogP contribution in [0.2, 0.25) is 0 Å². The average molecular weight is 511 g/mol. The van der Waals surface area contributed by atoms with Crippen LogP contribution in [0, 0.1) is 10.1 Å². The van der Waals surface area contributed by atoms with Gasteiger partial charge < -0.3 is 9.64 Å². The zero-order valence-corrected chi connectivity index (χ0v) is 21.2. The van der Waals surface area contributed by atoms with Crippen LogP contribution in [0.4, 0.5) is 10.8 Å². The topological polar surface area (TPSA) is 88.8 Å². The SMILES string of the molecule is COc1ccc(SCCCC(=O)N(CCN(C)C)c2nc3ccc([N+](=O)[O-])cc3s2)cc1.Cl. The van der Waals surface area contributed by atoms with Crippen molar-refractivity contribution in [2.24, 2.45) is 0 Å². The quantitative estimate of drug-likeness (QED) is 0.153. The minimum absolute atomic E-state index is 0. The first-order valence-corrected chi connectivity index (χ1v) is 11.9. The van der Waals surface area contributed by atoms with Gasteiger partial charge in [0.05, 0.1) is 22.2 Å². The molecule has 3 rings (SSSR count). The summed E-state index contributed by atoms with van der Waals surface area (Å²) in [6.07, 6.45) is 1.15. The number of rotatable bonds is 11. The molecule has 1 amide bonds. The Hall–Kier alpha value is -2.40. The van der Waals surface area contributed by atoms with Gasteiger partial charge in [0.25, 0.3) is 5.69 Å². The molecule has 3 aromatic rings. The van der Waals surface area contributed by atoms with Crippen LogP contribution in [-0.2, 0) is 4.79 Å². The highest BCUT2D eigenvalue weighted by atomic mass is 35.5. The van der Waals surface area contributed by atoms with Gasteiger partial charge in [-0.3, -0.25) is 19.8 Å². The number of anilines is 1. The Labute approximate surface area is 207 Å². The summed E-state index contributed by atoms with van der Waals surface area (Å²) in [7, 11) is 5.55. The molecule has 0 fully saturated rings. The van der Waals surface area contributed by atoms with Gasteiger partial charge in [0.2, 0.25) is 5.91 Å². The molecular formula is C22H27ClN4O4S2.